The van der Waals surface area contributed by atoms with Gasteiger partial charge >= 0.3 is 17.8 Å². The van der Waals surface area contributed by atoms with E-state index in [2.05, 4.69) is 4.84 Å². The molecule has 2 aliphatic rings. The standard InChI is InChI=1S/C12H13N2O6/c1-2-14(10(17)5-6-11(14)18)7-12(19)20-13-8(15)3-4-9(13)16/h5-6H,2-4,7H2,1H3/q+1. The van der Waals surface area contributed by atoms with Crippen LogP contribution in [-0.4, -0.2) is 52.2 Å². The lowest BCUT2D eigenvalue weighted by Gasteiger charge is -2.26. The molecule has 106 valence electrons. The van der Waals surface area contributed by atoms with E-state index >= 15 is 0 Å². The van der Waals surface area contributed by atoms with Crippen LogP contribution in [0, 0.1) is 0 Å². The average Bonchev–Trinajstić information content (AvgIpc) is 2.86. The molecule has 2 aliphatic heterocycles. The first-order valence-electron chi connectivity index (χ1n) is 6.11. The van der Waals surface area contributed by atoms with Gasteiger partial charge in [0.15, 0.2) is 6.54 Å². The zero-order chi connectivity index (χ0) is 14.9. The molecule has 0 atom stereocenters. The Morgan fingerprint density at radius 2 is 1.65 bits per heavy atom. The van der Waals surface area contributed by atoms with Crippen LogP contribution in [0.1, 0.15) is 19.8 Å². The number of imide groups is 2. The molecule has 1 saturated heterocycles. The number of hydrogen-bond donors (Lipinski definition) is 0. The van der Waals surface area contributed by atoms with Gasteiger partial charge in [-0.2, -0.15) is 4.48 Å². The van der Waals surface area contributed by atoms with Crippen molar-refractivity contribution in [2.75, 3.05) is 13.1 Å². The van der Waals surface area contributed by atoms with Crippen LogP contribution in [0.5, 0.6) is 0 Å². The van der Waals surface area contributed by atoms with Crippen molar-refractivity contribution in [1.82, 2.24) is 5.06 Å². The van der Waals surface area contributed by atoms with Gasteiger partial charge in [0.2, 0.25) is 0 Å². The zero-order valence-corrected chi connectivity index (χ0v) is 10.8. The maximum Gasteiger partial charge on any atom is 0.388 e. The molecule has 8 nitrogen and oxygen atoms in total. The van der Waals surface area contributed by atoms with Crippen molar-refractivity contribution in [3.8, 4) is 0 Å². The lowest BCUT2D eigenvalue weighted by Crippen LogP contribution is -2.56. The maximum absolute atomic E-state index is 11.8. The Morgan fingerprint density at radius 1 is 1.15 bits per heavy atom. The van der Waals surface area contributed by atoms with Gasteiger partial charge in [-0.05, 0) is 6.92 Å². The van der Waals surface area contributed by atoms with E-state index in [1.165, 1.54) is 0 Å². The quantitative estimate of drug-likeness (QED) is 0.487. The molecule has 0 radical (unpaired) electrons. The highest BCUT2D eigenvalue weighted by Gasteiger charge is 2.47. The molecule has 1 fully saturated rings. The van der Waals surface area contributed by atoms with Gasteiger partial charge in [-0.1, -0.05) is 0 Å². The van der Waals surface area contributed by atoms with E-state index in [0.717, 1.165) is 12.2 Å². The number of nitrogens with zero attached hydrogens (tertiary/aromatic N) is 2. The summed E-state index contributed by atoms with van der Waals surface area (Å²) >= 11 is 0. The summed E-state index contributed by atoms with van der Waals surface area (Å²) in [6.45, 7) is 1.13. The molecule has 0 unspecified atom stereocenters. The topological polar surface area (TPSA) is 97.8 Å². The summed E-state index contributed by atoms with van der Waals surface area (Å²) in [6, 6.07) is 0. The van der Waals surface area contributed by atoms with E-state index < -0.39 is 40.6 Å². The van der Waals surface area contributed by atoms with E-state index in [9.17, 15) is 24.0 Å². The first-order valence-corrected chi connectivity index (χ1v) is 6.11. The summed E-state index contributed by atoms with van der Waals surface area (Å²) in [5.41, 5.74) is 0. The van der Waals surface area contributed by atoms with Crippen LogP contribution >= 0.6 is 0 Å². The van der Waals surface area contributed by atoms with Crippen molar-refractivity contribution >= 4 is 29.6 Å². The van der Waals surface area contributed by atoms with Gasteiger partial charge in [-0.3, -0.25) is 9.59 Å². The largest absolute Gasteiger partial charge is 0.388 e. The first kappa shape index (κ1) is 14.1. The van der Waals surface area contributed by atoms with E-state index in [1.54, 1.807) is 6.92 Å². The Hall–Kier alpha value is -2.35. The van der Waals surface area contributed by atoms with Gasteiger partial charge in [0.25, 0.3) is 11.8 Å². The SMILES string of the molecule is CC[N+]1(CC(=O)ON2C(=O)CCC2=O)C(=O)C=CC1=O. The Balaban J connectivity index is 2.08. The van der Waals surface area contributed by atoms with Crippen molar-refractivity contribution in [2.24, 2.45) is 0 Å². The first-order chi connectivity index (χ1) is 9.40. The molecule has 8 heteroatoms. The molecule has 4 amide bonds. The van der Waals surface area contributed by atoms with Gasteiger partial charge in [-0.25, -0.2) is 14.4 Å². The minimum absolute atomic E-state index is 0.0146. The van der Waals surface area contributed by atoms with Crippen LogP contribution in [0.3, 0.4) is 0 Å². The van der Waals surface area contributed by atoms with Crippen LogP contribution in [0.2, 0.25) is 0 Å². The normalized spacial score (nSPS) is 20.9. The smallest absolute Gasteiger partial charge is 0.324 e. The number of quaternary nitrogens is 1. The second-order valence-corrected chi connectivity index (χ2v) is 4.50. The molecule has 0 aromatic heterocycles. The zero-order valence-electron chi connectivity index (χ0n) is 10.8. The van der Waals surface area contributed by atoms with Gasteiger partial charge in [0.05, 0.1) is 18.7 Å². The van der Waals surface area contributed by atoms with Crippen LogP contribution in [0.4, 0.5) is 0 Å². The van der Waals surface area contributed by atoms with Crippen LogP contribution in [0.25, 0.3) is 0 Å². The minimum Gasteiger partial charge on any atom is -0.324 e. The molecule has 0 saturated carbocycles. The third kappa shape index (κ3) is 2.14. The van der Waals surface area contributed by atoms with Gasteiger partial charge in [0, 0.05) is 12.8 Å². The number of rotatable bonds is 4. The summed E-state index contributed by atoms with van der Waals surface area (Å²) in [5.74, 6) is -3.23. The lowest BCUT2D eigenvalue weighted by atomic mass is 10.3. The second kappa shape index (κ2) is 4.97. The van der Waals surface area contributed by atoms with E-state index in [4.69, 9.17) is 0 Å². The molecule has 2 heterocycles. The molecule has 0 aliphatic carbocycles. The average molecular weight is 281 g/mol. The molecular weight excluding hydrogens is 268 g/mol. The molecule has 0 N–H and O–H groups in total. The van der Waals surface area contributed by atoms with Crippen molar-refractivity contribution < 1.29 is 33.3 Å². The van der Waals surface area contributed by atoms with Crippen molar-refractivity contribution in [3.63, 3.8) is 0 Å². The van der Waals surface area contributed by atoms with Crippen molar-refractivity contribution in [1.29, 1.82) is 0 Å². The predicted octanol–water partition coefficient (Wildman–Crippen LogP) is -0.947. The van der Waals surface area contributed by atoms with Gasteiger partial charge < -0.3 is 4.84 Å². The summed E-state index contributed by atoms with van der Waals surface area (Å²) < 4.78 is -0.713. The Labute approximate surface area is 114 Å². The summed E-state index contributed by atoms with van der Waals surface area (Å²) in [7, 11) is 0. The van der Waals surface area contributed by atoms with Gasteiger partial charge in [-0.15, -0.1) is 5.06 Å². The third-order valence-electron chi connectivity index (χ3n) is 3.35. The molecule has 0 bridgehead atoms. The number of carbonyl (C=O) groups is 5. The lowest BCUT2D eigenvalue weighted by molar-refractivity contribution is -0.762. The molecule has 0 aromatic rings. The van der Waals surface area contributed by atoms with Crippen LogP contribution in [0.15, 0.2) is 12.2 Å². The van der Waals surface area contributed by atoms with Gasteiger partial charge in [0.1, 0.15) is 0 Å². The fourth-order valence-electron chi connectivity index (χ4n) is 2.12. The number of hydroxylamine groups is 2. The van der Waals surface area contributed by atoms with Crippen molar-refractivity contribution in [3.05, 3.63) is 12.2 Å². The predicted molar refractivity (Wildman–Crippen MR) is 62.0 cm³/mol. The maximum atomic E-state index is 11.8. The van der Waals surface area contributed by atoms with Crippen molar-refractivity contribution in [2.45, 2.75) is 19.8 Å². The number of hydrogen-bond acceptors (Lipinski definition) is 6. The highest BCUT2D eigenvalue weighted by atomic mass is 16.7. The fraction of sp³-hybridized carbons (Fsp3) is 0.417. The van der Waals surface area contributed by atoms with Crippen LogP contribution < -0.4 is 0 Å². The monoisotopic (exact) mass is 281 g/mol. The molecule has 20 heavy (non-hydrogen) atoms. The number of amides is 4. The van der Waals surface area contributed by atoms with E-state index in [-0.39, 0.29) is 19.4 Å². The summed E-state index contributed by atoms with van der Waals surface area (Å²) in [4.78, 5) is 62.6. The molecule has 2 rings (SSSR count). The van der Waals surface area contributed by atoms with E-state index in [0.29, 0.717) is 5.06 Å². The summed E-state index contributed by atoms with van der Waals surface area (Å²) in [5, 5.41) is 0.396. The third-order valence-corrected chi connectivity index (χ3v) is 3.35. The second-order valence-electron chi connectivity index (χ2n) is 4.50. The fourth-order valence-corrected chi connectivity index (χ4v) is 2.12. The Kier molecular flexibility index (Phi) is 3.49. The highest BCUT2D eigenvalue weighted by Crippen LogP contribution is 2.18. The Morgan fingerprint density at radius 3 is 2.10 bits per heavy atom. The van der Waals surface area contributed by atoms with Crippen LogP contribution in [-0.2, 0) is 28.8 Å². The number of carbonyl (C=O) groups excluding carboxylic acids is 5. The number of likely N-dealkylation sites (N-methyl/N-ethyl adjacent to an activating group) is 1. The Bertz CT molecular complexity index is 516. The highest BCUT2D eigenvalue weighted by molar-refractivity contribution is 6.05. The minimum atomic E-state index is -0.971. The molecular formula is C12H13N2O6+. The van der Waals surface area contributed by atoms with E-state index in [1.807, 2.05) is 0 Å². The molecule has 0 spiro atoms. The summed E-state index contributed by atoms with van der Waals surface area (Å²) in [6.07, 6.45) is 2.18. The molecule has 0 aromatic carbocycles.